The lowest BCUT2D eigenvalue weighted by atomic mass is 9.67. The van der Waals surface area contributed by atoms with Gasteiger partial charge in [0, 0.05) is 6.42 Å². The predicted octanol–water partition coefficient (Wildman–Crippen LogP) is 3.19. The van der Waals surface area contributed by atoms with E-state index in [2.05, 4.69) is 16.0 Å². The molecule has 0 atom stereocenters. The molecule has 1 N–H and O–H groups in total. The van der Waals surface area contributed by atoms with Gasteiger partial charge in [0.2, 0.25) is 0 Å². The number of aromatic amines is 1. The Morgan fingerprint density at radius 2 is 2.18 bits per heavy atom. The van der Waals surface area contributed by atoms with Crippen LogP contribution in [-0.4, -0.2) is 9.97 Å². The van der Waals surface area contributed by atoms with Crippen LogP contribution in [0.3, 0.4) is 0 Å². The Balaban J connectivity index is 1.75. The van der Waals surface area contributed by atoms with Crippen LogP contribution >= 0.6 is 0 Å². The first-order chi connectivity index (χ1) is 8.31. The smallest absolute Gasteiger partial charge is 0.107 e. The molecule has 0 radical (unpaired) electrons. The van der Waals surface area contributed by atoms with Crippen LogP contribution < -0.4 is 0 Å². The molecule has 1 fully saturated rings. The fraction of sp³-hybridized carbons (Fsp3) is 0.429. The lowest BCUT2D eigenvalue weighted by molar-refractivity contribution is 0.197. The van der Waals surface area contributed by atoms with Crippen molar-refractivity contribution in [3.8, 4) is 6.07 Å². The number of benzene rings is 1. The third-order valence-electron chi connectivity index (χ3n) is 3.83. The van der Waals surface area contributed by atoms with Crippen molar-refractivity contribution < 1.29 is 0 Å². The van der Waals surface area contributed by atoms with Gasteiger partial charge in [-0.25, -0.2) is 4.98 Å². The Kier molecular flexibility index (Phi) is 2.36. The van der Waals surface area contributed by atoms with Gasteiger partial charge in [-0.15, -0.1) is 0 Å². The van der Waals surface area contributed by atoms with Crippen molar-refractivity contribution in [3.63, 3.8) is 0 Å². The highest BCUT2D eigenvalue weighted by molar-refractivity contribution is 5.74. The first-order valence-electron chi connectivity index (χ1n) is 6.16. The number of rotatable bonds is 3. The van der Waals surface area contributed by atoms with E-state index in [4.69, 9.17) is 0 Å². The molecule has 86 valence electrons. The molecule has 17 heavy (non-hydrogen) atoms. The van der Waals surface area contributed by atoms with Crippen molar-refractivity contribution in [2.75, 3.05) is 0 Å². The van der Waals surface area contributed by atoms with Gasteiger partial charge in [-0.05, 0) is 31.4 Å². The molecule has 0 saturated heterocycles. The summed E-state index contributed by atoms with van der Waals surface area (Å²) in [5.74, 6) is 1.01. The number of nitrogens with zero attached hydrogens (tertiary/aromatic N) is 2. The van der Waals surface area contributed by atoms with Crippen molar-refractivity contribution in [2.24, 2.45) is 5.41 Å². The molecule has 1 aliphatic carbocycles. The molecule has 0 bridgehead atoms. The minimum Gasteiger partial charge on any atom is -0.342 e. The van der Waals surface area contributed by atoms with Crippen LogP contribution in [0.2, 0.25) is 0 Å². The average Bonchev–Trinajstić information content (AvgIpc) is 2.71. The minimum absolute atomic E-state index is 0.0566. The fourth-order valence-corrected chi connectivity index (χ4v) is 2.50. The molecule has 3 nitrogen and oxygen atoms in total. The summed E-state index contributed by atoms with van der Waals surface area (Å²) >= 11 is 0. The summed E-state index contributed by atoms with van der Waals surface area (Å²) in [5.41, 5.74) is 2.04. The van der Waals surface area contributed by atoms with Crippen LogP contribution in [0, 0.1) is 16.7 Å². The van der Waals surface area contributed by atoms with Gasteiger partial charge >= 0.3 is 0 Å². The summed E-state index contributed by atoms with van der Waals surface area (Å²) in [6, 6.07) is 10.5. The Morgan fingerprint density at radius 1 is 1.35 bits per heavy atom. The van der Waals surface area contributed by atoms with Crippen molar-refractivity contribution >= 4 is 11.0 Å². The number of aryl methyl sites for hydroxylation is 1. The molecule has 1 saturated carbocycles. The number of nitriles is 1. The summed E-state index contributed by atoms with van der Waals surface area (Å²) in [6.45, 7) is 0. The number of hydrogen-bond acceptors (Lipinski definition) is 2. The molecular formula is C14H15N3. The SMILES string of the molecule is N#CC1(CCc2nc3ccccc3[nH]2)CCC1. The molecule has 2 aromatic rings. The number of H-pyrrole nitrogens is 1. The molecule has 3 heteroatoms. The molecule has 1 heterocycles. The van der Waals surface area contributed by atoms with Gasteiger partial charge in [0.25, 0.3) is 0 Å². The lowest BCUT2D eigenvalue weighted by Gasteiger charge is -2.34. The summed E-state index contributed by atoms with van der Waals surface area (Å²) in [7, 11) is 0. The number of para-hydroxylation sites is 2. The Labute approximate surface area is 100 Å². The van der Waals surface area contributed by atoms with Crippen LogP contribution in [0.15, 0.2) is 24.3 Å². The second-order valence-corrected chi connectivity index (χ2v) is 4.95. The van der Waals surface area contributed by atoms with E-state index in [1.54, 1.807) is 0 Å². The minimum atomic E-state index is -0.0566. The number of hydrogen-bond donors (Lipinski definition) is 1. The van der Waals surface area contributed by atoms with E-state index >= 15 is 0 Å². The van der Waals surface area contributed by atoms with E-state index in [9.17, 15) is 5.26 Å². The molecule has 1 aliphatic rings. The Bertz CT molecular complexity index is 539. The van der Waals surface area contributed by atoms with Crippen LogP contribution in [0.5, 0.6) is 0 Å². The van der Waals surface area contributed by atoms with Crippen molar-refractivity contribution in [1.82, 2.24) is 9.97 Å². The molecule has 1 aromatic carbocycles. The summed E-state index contributed by atoms with van der Waals surface area (Å²) in [5, 5.41) is 9.17. The van der Waals surface area contributed by atoms with Crippen LogP contribution in [0.25, 0.3) is 11.0 Å². The maximum atomic E-state index is 9.17. The Hall–Kier alpha value is -1.82. The van der Waals surface area contributed by atoms with Crippen molar-refractivity contribution in [3.05, 3.63) is 30.1 Å². The van der Waals surface area contributed by atoms with E-state index in [1.807, 2.05) is 24.3 Å². The van der Waals surface area contributed by atoms with Gasteiger partial charge in [-0.3, -0.25) is 0 Å². The van der Waals surface area contributed by atoms with Crippen LogP contribution in [0.4, 0.5) is 0 Å². The largest absolute Gasteiger partial charge is 0.342 e. The Morgan fingerprint density at radius 3 is 2.82 bits per heavy atom. The van der Waals surface area contributed by atoms with Gasteiger partial charge < -0.3 is 4.98 Å². The first-order valence-corrected chi connectivity index (χ1v) is 6.16. The second-order valence-electron chi connectivity index (χ2n) is 4.95. The molecule has 0 aliphatic heterocycles. The average molecular weight is 225 g/mol. The van der Waals surface area contributed by atoms with E-state index in [0.29, 0.717) is 0 Å². The van der Waals surface area contributed by atoms with Gasteiger partial charge in [0.05, 0.1) is 22.5 Å². The summed E-state index contributed by atoms with van der Waals surface area (Å²) < 4.78 is 0. The zero-order chi connectivity index (χ0) is 11.7. The normalized spacial score (nSPS) is 17.6. The molecule has 0 amide bonds. The van der Waals surface area contributed by atoms with Crippen LogP contribution in [0.1, 0.15) is 31.5 Å². The monoisotopic (exact) mass is 225 g/mol. The number of imidazole rings is 1. The zero-order valence-corrected chi connectivity index (χ0v) is 9.74. The first kappa shape index (κ1) is 10.3. The topological polar surface area (TPSA) is 52.5 Å². The molecule has 0 spiro atoms. The van der Waals surface area contributed by atoms with Gasteiger partial charge in [0.15, 0.2) is 0 Å². The standard InChI is InChI=1S/C14H15N3/c15-10-14(7-3-8-14)9-6-13-16-11-4-1-2-5-12(11)17-13/h1-2,4-5H,3,6-9H2,(H,16,17). The van der Waals surface area contributed by atoms with E-state index < -0.39 is 0 Å². The van der Waals surface area contributed by atoms with Crippen LogP contribution in [-0.2, 0) is 6.42 Å². The van der Waals surface area contributed by atoms with E-state index in [0.717, 1.165) is 42.5 Å². The van der Waals surface area contributed by atoms with Crippen molar-refractivity contribution in [2.45, 2.75) is 32.1 Å². The maximum absolute atomic E-state index is 9.17. The lowest BCUT2D eigenvalue weighted by Crippen LogP contribution is -2.28. The van der Waals surface area contributed by atoms with Gasteiger partial charge in [-0.2, -0.15) is 5.26 Å². The third kappa shape index (κ3) is 1.80. The predicted molar refractivity (Wildman–Crippen MR) is 66.3 cm³/mol. The maximum Gasteiger partial charge on any atom is 0.107 e. The summed E-state index contributed by atoms with van der Waals surface area (Å²) in [6.07, 6.45) is 5.13. The third-order valence-corrected chi connectivity index (χ3v) is 3.83. The summed E-state index contributed by atoms with van der Waals surface area (Å²) in [4.78, 5) is 7.86. The number of aromatic nitrogens is 2. The van der Waals surface area contributed by atoms with Crippen molar-refractivity contribution in [1.29, 1.82) is 5.26 Å². The highest BCUT2D eigenvalue weighted by atomic mass is 14.9. The zero-order valence-electron chi connectivity index (χ0n) is 9.74. The molecule has 1 aromatic heterocycles. The van der Waals surface area contributed by atoms with E-state index in [1.165, 1.54) is 6.42 Å². The highest BCUT2D eigenvalue weighted by Crippen LogP contribution is 2.43. The molecule has 0 unspecified atom stereocenters. The van der Waals surface area contributed by atoms with E-state index in [-0.39, 0.29) is 5.41 Å². The fourth-order valence-electron chi connectivity index (χ4n) is 2.50. The molecular weight excluding hydrogens is 210 g/mol. The second kappa shape index (κ2) is 3.89. The van der Waals surface area contributed by atoms with Gasteiger partial charge in [0.1, 0.15) is 5.82 Å². The number of nitrogens with one attached hydrogen (secondary N) is 1. The quantitative estimate of drug-likeness (QED) is 0.872. The molecule has 3 rings (SSSR count). The highest BCUT2D eigenvalue weighted by Gasteiger charge is 2.36. The number of fused-ring (bicyclic) bond motifs is 1. The van der Waals surface area contributed by atoms with Gasteiger partial charge in [-0.1, -0.05) is 18.6 Å².